The van der Waals surface area contributed by atoms with Crippen molar-refractivity contribution in [2.45, 2.75) is 25.3 Å². The van der Waals surface area contributed by atoms with E-state index < -0.39 is 4.92 Å². The lowest BCUT2D eigenvalue weighted by atomic mass is 9.93. The summed E-state index contributed by atoms with van der Waals surface area (Å²) in [5, 5.41) is 14.0. The van der Waals surface area contributed by atoms with Gasteiger partial charge in [-0.25, -0.2) is 0 Å². The van der Waals surface area contributed by atoms with Crippen molar-refractivity contribution >= 4 is 22.8 Å². The lowest BCUT2D eigenvalue weighted by molar-refractivity contribution is -0.383. The first kappa shape index (κ1) is 10.1. The number of hydrogen-bond donors (Lipinski definition) is 1. The third-order valence-corrected chi connectivity index (χ3v) is 3.03. The largest absolute Gasteiger partial charge is 0.423 e. The highest BCUT2D eigenvalue weighted by Gasteiger charge is 2.21. The molecule has 1 aliphatic rings. The number of fused-ring (bicyclic) bond motifs is 1. The Balaban J connectivity index is 1.99. The summed E-state index contributed by atoms with van der Waals surface area (Å²) in [4.78, 5) is 14.5. The minimum atomic E-state index is -0.446. The van der Waals surface area contributed by atoms with Crippen LogP contribution in [-0.2, 0) is 0 Å². The molecule has 0 saturated heterocycles. The van der Waals surface area contributed by atoms with Crippen molar-refractivity contribution in [3.63, 3.8) is 0 Å². The van der Waals surface area contributed by atoms with E-state index in [-0.39, 0.29) is 5.69 Å². The minimum absolute atomic E-state index is 0.0205. The van der Waals surface area contributed by atoms with E-state index in [1.165, 1.54) is 12.5 Å². The van der Waals surface area contributed by atoms with Gasteiger partial charge in [0, 0.05) is 12.1 Å². The van der Waals surface area contributed by atoms with E-state index in [0.717, 1.165) is 12.8 Å². The highest BCUT2D eigenvalue weighted by molar-refractivity contribution is 5.84. The molecule has 6 nitrogen and oxygen atoms in total. The number of hydrogen-bond acceptors (Lipinski definition) is 5. The Labute approximate surface area is 96.8 Å². The van der Waals surface area contributed by atoms with Gasteiger partial charge in [0.25, 0.3) is 11.7 Å². The molecule has 0 unspecified atom stereocenters. The van der Waals surface area contributed by atoms with E-state index in [1.54, 1.807) is 12.1 Å². The molecule has 1 N–H and O–H groups in total. The van der Waals surface area contributed by atoms with E-state index >= 15 is 0 Å². The van der Waals surface area contributed by atoms with Crippen molar-refractivity contribution in [2.75, 3.05) is 5.32 Å². The maximum absolute atomic E-state index is 10.8. The number of oxazole rings is 1. The maximum atomic E-state index is 10.8. The van der Waals surface area contributed by atoms with Gasteiger partial charge in [0.05, 0.1) is 4.92 Å². The Morgan fingerprint density at radius 1 is 1.47 bits per heavy atom. The topological polar surface area (TPSA) is 81.2 Å². The number of nitro groups is 1. The van der Waals surface area contributed by atoms with Gasteiger partial charge in [0.15, 0.2) is 11.1 Å². The second-order valence-corrected chi connectivity index (χ2v) is 4.17. The molecule has 0 atom stereocenters. The normalized spacial score (nSPS) is 15.8. The highest BCUT2D eigenvalue weighted by Crippen LogP contribution is 2.29. The molecule has 3 rings (SSSR count). The lowest BCUT2D eigenvalue weighted by Crippen LogP contribution is -2.27. The number of para-hydroxylation sites is 1. The number of non-ortho nitro benzene ring substituents is 1. The molecule has 0 aliphatic heterocycles. The number of rotatable bonds is 3. The van der Waals surface area contributed by atoms with Gasteiger partial charge in [-0.05, 0) is 25.3 Å². The van der Waals surface area contributed by atoms with E-state index in [9.17, 15) is 10.1 Å². The SMILES string of the molecule is O=[N+]([O-])c1cccc2oc(NC3CCC3)nc12. The summed E-state index contributed by atoms with van der Waals surface area (Å²) in [6.07, 6.45) is 3.40. The van der Waals surface area contributed by atoms with Crippen molar-refractivity contribution < 1.29 is 9.34 Å². The molecule has 1 aliphatic carbocycles. The summed E-state index contributed by atoms with van der Waals surface area (Å²) in [6, 6.07) is 5.47. The van der Waals surface area contributed by atoms with Crippen LogP contribution in [-0.4, -0.2) is 15.9 Å². The first-order valence-electron chi connectivity index (χ1n) is 5.54. The first-order chi connectivity index (χ1) is 8.24. The van der Waals surface area contributed by atoms with Crippen molar-refractivity contribution in [1.82, 2.24) is 4.98 Å². The van der Waals surface area contributed by atoms with Gasteiger partial charge in [-0.15, -0.1) is 0 Å². The number of benzene rings is 1. The van der Waals surface area contributed by atoms with Crippen molar-refractivity contribution in [3.05, 3.63) is 28.3 Å². The van der Waals surface area contributed by atoms with Gasteiger partial charge in [-0.1, -0.05) is 6.07 Å². The van der Waals surface area contributed by atoms with Crippen LogP contribution in [0.15, 0.2) is 22.6 Å². The van der Waals surface area contributed by atoms with Crippen molar-refractivity contribution in [3.8, 4) is 0 Å². The Kier molecular flexibility index (Phi) is 2.21. The zero-order valence-corrected chi connectivity index (χ0v) is 9.05. The maximum Gasteiger partial charge on any atom is 0.298 e. The molecular weight excluding hydrogens is 222 g/mol. The third kappa shape index (κ3) is 1.71. The zero-order valence-electron chi connectivity index (χ0n) is 9.05. The van der Waals surface area contributed by atoms with Crippen LogP contribution in [0.5, 0.6) is 0 Å². The number of aromatic nitrogens is 1. The fourth-order valence-corrected chi connectivity index (χ4v) is 1.87. The second-order valence-electron chi connectivity index (χ2n) is 4.17. The van der Waals surface area contributed by atoms with Crippen LogP contribution < -0.4 is 5.32 Å². The van der Waals surface area contributed by atoms with Crippen LogP contribution in [0.3, 0.4) is 0 Å². The predicted octanol–water partition coefficient (Wildman–Crippen LogP) is 2.70. The fraction of sp³-hybridized carbons (Fsp3) is 0.364. The van der Waals surface area contributed by atoms with E-state index in [2.05, 4.69) is 10.3 Å². The van der Waals surface area contributed by atoms with Gasteiger partial charge in [-0.2, -0.15) is 4.98 Å². The van der Waals surface area contributed by atoms with Gasteiger partial charge in [0.2, 0.25) is 0 Å². The average Bonchev–Trinajstić information content (AvgIpc) is 2.65. The van der Waals surface area contributed by atoms with Gasteiger partial charge in [-0.3, -0.25) is 10.1 Å². The molecule has 17 heavy (non-hydrogen) atoms. The summed E-state index contributed by atoms with van der Waals surface area (Å²) < 4.78 is 5.44. The molecule has 0 bridgehead atoms. The minimum Gasteiger partial charge on any atom is -0.423 e. The van der Waals surface area contributed by atoms with Crippen LogP contribution in [0.25, 0.3) is 11.1 Å². The van der Waals surface area contributed by atoms with Gasteiger partial charge < -0.3 is 9.73 Å². The quantitative estimate of drug-likeness (QED) is 0.651. The van der Waals surface area contributed by atoms with Crippen LogP contribution in [0.1, 0.15) is 19.3 Å². The summed E-state index contributed by atoms with van der Waals surface area (Å²) in [5.41, 5.74) is 0.730. The Bertz CT molecular complexity index is 574. The fourth-order valence-electron chi connectivity index (χ4n) is 1.87. The van der Waals surface area contributed by atoms with Gasteiger partial charge >= 0.3 is 0 Å². The van der Waals surface area contributed by atoms with Crippen molar-refractivity contribution in [1.29, 1.82) is 0 Å². The predicted molar refractivity (Wildman–Crippen MR) is 61.9 cm³/mol. The Morgan fingerprint density at radius 2 is 2.29 bits per heavy atom. The van der Waals surface area contributed by atoms with Crippen LogP contribution >= 0.6 is 0 Å². The smallest absolute Gasteiger partial charge is 0.298 e. The number of anilines is 1. The molecule has 0 radical (unpaired) electrons. The van der Waals surface area contributed by atoms with Gasteiger partial charge in [0.1, 0.15) is 0 Å². The zero-order chi connectivity index (χ0) is 11.8. The molecule has 1 aromatic carbocycles. The molecule has 1 aromatic heterocycles. The highest BCUT2D eigenvalue weighted by atomic mass is 16.6. The molecule has 6 heteroatoms. The number of nitrogens with one attached hydrogen (secondary N) is 1. The lowest BCUT2D eigenvalue weighted by Gasteiger charge is -2.25. The summed E-state index contributed by atoms with van der Waals surface area (Å²) in [6.45, 7) is 0. The number of nitrogens with zero attached hydrogens (tertiary/aromatic N) is 2. The van der Waals surface area contributed by atoms with Crippen LogP contribution in [0, 0.1) is 10.1 Å². The molecule has 88 valence electrons. The van der Waals surface area contributed by atoms with Crippen molar-refractivity contribution in [2.24, 2.45) is 0 Å². The summed E-state index contributed by atoms with van der Waals surface area (Å²) >= 11 is 0. The van der Waals surface area contributed by atoms with E-state index in [1.807, 2.05) is 0 Å². The Hall–Kier alpha value is -2.11. The monoisotopic (exact) mass is 233 g/mol. The summed E-state index contributed by atoms with van der Waals surface area (Å²) in [7, 11) is 0. The first-order valence-corrected chi connectivity index (χ1v) is 5.54. The molecule has 1 heterocycles. The van der Waals surface area contributed by atoms with E-state index in [4.69, 9.17) is 4.42 Å². The van der Waals surface area contributed by atoms with Crippen LogP contribution in [0.2, 0.25) is 0 Å². The molecule has 0 amide bonds. The molecule has 2 aromatic rings. The second kappa shape index (κ2) is 3.73. The Morgan fingerprint density at radius 3 is 2.94 bits per heavy atom. The standard InChI is InChI=1S/C11H11N3O3/c15-14(16)8-5-2-6-9-10(8)13-11(17-9)12-7-3-1-4-7/h2,5-7H,1,3-4H2,(H,12,13). The molecule has 1 saturated carbocycles. The molecule has 0 spiro atoms. The molecule has 1 fully saturated rings. The summed E-state index contributed by atoms with van der Waals surface area (Å²) in [5.74, 6) is 0. The van der Waals surface area contributed by atoms with E-state index in [0.29, 0.717) is 23.2 Å². The van der Waals surface area contributed by atoms with Crippen LogP contribution in [0.4, 0.5) is 11.7 Å². The average molecular weight is 233 g/mol. The molecular formula is C11H11N3O3. The third-order valence-electron chi connectivity index (χ3n) is 3.03. The number of nitro benzene ring substituents is 1.